The van der Waals surface area contributed by atoms with Crippen LogP contribution in [0.4, 0.5) is 0 Å². The Bertz CT molecular complexity index is 664. The highest BCUT2D eigenvalue weighted by atomic mass is 16.5. The summed E-state index contributed by atoms with van der Waals surface area (Å²) in [5.41, 5.74) is 6.24. The van der Waals surface area contributed by atoms with E-state index < -0.39 is 5.91 Å². The Morgan fingerprint density at radius 2 is 1.96 bits per heavy atom. The number of amides is 1. The third-order valence-electron chi connectivity index (χ3n) is 4.67. The van der Waals surface area contributed by atoms with Gasteiger partial charge in [0.2, 0.25) is 0 Å². The van der Waals surface area contributed by atoms with Gasteiger partial charge < -0.3 is 20.2 Å². The molecule has 1 aliphatic rings. The minimum Gasteiger partial charge on any atom is -0.484 e. The van der Waals surface area contributed by atoms with Crippen molar-refractivity contribution in [3.8, 4) is 5.75 Å². The number of hydrogen-bond acceptors (Lipinski definition) is 5. The van der Waals surface area contributed by atoms with Gasteiger partial charge in [-0.25, -0.2) is 0 Å². The van der Waals surface area contributed by atoms with Crippen molar-refractivity contribution >= 4 is 5.91 Å². The molecular formula is C20H27N3O3. The van der Waals surface area contributed by atoms with E-state index in [1.165, 1.54) is 19.3 Å². The molecule has 0 saturated carbocycles. The molecule has 2 heterocycles. The predicted molar refractivity (Wildman–Crippen MR) is 99.7 cm³/mol. The SMILES string of the molecule is NC(=O)COc1ccc(CNCC(c2ccco2)N2CCCCC2)cc1. The smallest absolute Gasteiger partial charge is 0.255 e. The predicted octanol–water partition coefficient (Wildman–Crippen LogP) is 2.46. The molecule has 0 bridgehead atoms. The van der Waals surface area contributed by atoms with Crippen molar-refractivity contribution in [1.29, 1.82) is 0 Å². The van der Waals surface area contributed by atoms with Gasteiger partial charge in [-0.3, -0.25) is 9.69 Å². The van der Waals surface area contributed by atoms with Crippen molar-refractivity contribution < 1.29 is 13.9 Å². The Kier molecular flexibility index (Phi) is 6.68. The molecule has 0 aliphatic carbocycles. The molecular weight excluding hydrogens is 330 g/mol. The van der Waals surface area contributed by atoms with E-state index in [0.29, 0.717) is 5.75 Å². The summed E-state index contributed by atoms with van der Waals surface area (Å²) in [7, 11) is 0. The van der Waals surface area contributed by atoms with E-state index >= 15 is 0 Å². The van der Waals surface area contributed by atoms with Crippen molar-refractivity contribution in [2.75, 3.05) is 26.2 Å². The van der Waals surface area contributed by atoms with Gasteiger partial charge >= 0.3 is 0 Å². The molecule has 6 nitrogen and oxygen atoms in total. The summed E-state index contributed by atoms with van der Waals surface area (Å²) in [5.74, 6) is 1.20. The van der Waals surface area contributed by atoms with E-state index in [9.17, 15) is 4.79 Å². The molecule has 1 unspecified atom stereocenters. The Hall–Kier alpha value is -2.31. The van der Waals surface area contributed by atoms with Crippen LogP contribution in [-0.2, 0) is 11.3 Å². The fraction of sp³-hybridized carbons (Fsp3) is 0.450. The topological polar surface area (TPSA) is 80.7 Å². The number of nitrogens with two attached hydrogens (primary N) is 1. The van der Waals surface area contributed by atoms with E-state index in [1.807, 2.05) is 30.3 Å². The first-order valence-corrected chi connectivity index (χ1v) is 9.20. The molecule has 1 atom stereocenters. The molecule has 1 aromatic heterocycles. The van der Waals surface area contributed by atoms with Crippen LogP contribution in [0.3, 0.4) is 0 Å². The van der Waals surface area contributed by atoms with Crippen molar-refractivity contribution in [3.05, 3.63) is 54.0 Å². The number of benzene rings is 1. The Morgan fingerprint density at radius 3 is 2.62 bits per heavy atom. The molecule has 6 heteroatoms. The molecule has 1 aromatic carbocycles. The lowest BCUT2D eigenvalue weighted by atomic mass is 10.1. The van der Waals surface area contributed by atoms with Crippen LogP contribution in [0.25, 0.3) is 0 Å². The normalized spacial score (nSPS) is 16.3. The van der Waals surface area contributed by atoms with E-state index in [2.05, 4.69) is 16.3 Å². The van der Waals surface area contributed by atoms with Crippen molar-refractivity contribution in [3.63, 3.8) is 0 Å². The van der Waals surface area contributed by atoms with Crippen LogP contribution in [0.5, 0.6) is 5.75 Å². The fourth-order valence-electron chi connectivity index (χ4n) is 3.33. The number of primary amides is 1. The first-order valence-electron chi connectivity index (χ1n) is 9.20. The summed E-state index contributed by atoms with van der Waals surface area (Å²) >= 11 is 0. The molecule has 0 radical (unpaired) electrons. The number of likely N-dealkylation sites (tertiary alicyclic amines) is 1. The summed E-state index contributed by atoms with van der Waals surface area (Å²) in [6.07, 6.45) is 5.57. The summed E-state index contributed by atoms with van der Waals surface area (Å²) in [6, 6.07) is 12.0. The highest BCUT2D eigenvalue weighted by Crippen LogP contribution is 2.24. The number of piperidine rings is 1. The summed E-state index contributed by atoms with van der Waals surface area (Å²) in [4.78, 5) is 13.3. The molecule has 26 heavy (non-hydrogen) atoms. The zero-order valence-electron chi connectivity index (χ0n) is 15.0. The van der Waals surface area contributed by atoms with Gasteiger partial charge in [0.1, 0.15) is 11.5 Å². The van der Waals surface area contributed by atoms with Crippen molar-refractivity contribution in [2.24, 2.45) is 5.73 Å². The van der Waals surface area contributed by atoms with Crippen molar-refractivity contribution in [2.45, 2.75) is 31.8 Å². The van der Waals surface area contributed by atoms with E-state index in [1.54, 1.807) is 6.26 Å². The van der Waals surface area contributed by atoms with Crippen LogP contribution in [0, 0.1) is 0 Å². The van der Waals surface area contributed by atoms with Gasteiger partial charge in [0.15, 0.2) is 6.61 Å². The fourth-order valence-corrected chi connectivity index (χ4v) is 3.33. The highest BCUT2D eigenvalue weighted by molar-refractivity contribution is 5.75. The van der Waals surface area contributed by atoms with E-state index in [4.69, 9.17) is 14.9 Å². The number of hydrogen-bond donors (Lipinski definition) is 2. The second kappa shape index (κ2) is 9.40. The lowest BCUT2D eigenvalue weighted by molar-refractivity contribution is -0.119. The zero-order chi connectivity index (χ0) is 18.2. The molecule has 1 amide bonds. The Labute approximate surface area is 154 Å². The van der Waals surface area contributed by atoms with Crippen LogP contribution in [-0.4, -0.2) is 37.0 Å². The maximum absolute atomic E-state index is 10.7. The largest absolute Gasteiger partial charge is 0.484 e. The number of furan rings is 1. The van der Waals surface area contributed by atoms with Gasteiger partial charge in [0, 0.05) is 13.1 Å². The van der Waals surface area contributed by atoms with Gasteiger partial charge in [-0.15, -0.1) is 0 Å². The first kappa shape index (κ1) is 18.5. The minimum atomic E-state index is -0.475. The molecule has 140 valence electrons. The Balaban J connectivity index is 1.52. The van der Waals surface area contributed by atoms with Gasteiger partial charge in [0.25, 0.3) is 5.91 Å². The van der Waals surface area contributed by atoms with Crippen LogP contribution < -0.4 is 15.8 Å². The van der Waals surface area contributed by atoms with Gasteiger partial charge in [0.05, 0.1) is 12.3 Å². The van der Waals surface area contributed by atoms with Crippen molar-refractivity contribution in [1.82, 2.24) is 10.2 Å². The maximum atomic E-state index is 10.7. The second-order valence-corrected chi connectivity index (χ2v) is 6.66. The standard InChI is InChI=1S/C20H27N3O3/c21-20(24)15-26-17-8-6-16(7-9-17)13-22-14-18(19-5-4-12-25-19)23-10-2-1-3-11-23/h4-9,12,18,22H,1-3,10-11,13-15H2,(H2,21,24). The second-order valence-electron chi connectivity index (χ2n) is 6.66. The third-order valence-corrected chi connectivity index (χ3v) is 4.67. The summed E-state index contributed by atoms with van der Waals surface area (Å²) in [6.45, 7) is 3.75. The number of ether oxygens (including phenoxy) is 1. The first-order chi connectivity index (χ1) is 12.7. The monoisotopic (exact) mass is 357 g/mol. The molecule has 1 saturated heterocycles. The maximum Gasteiger partial charge on any atom is 0.255 e. The molecule has 3 N–H and O–H groups in total. The van der Waals surface area contributed by atoms with Gasteiger partial charge in [-0.2, -0.15) is 0 Å². The minimum absolute atomic E-state index is 0.0989. The summed E-state index contributed by atoms with van der Waals surface area (Å²) in [5, 5.41) is 3.54. The average Bonchev–Trinajstić information content (AvgIpc) is 3.19. The van der Waals surface area contributed by atoms with Crippen LogP contribution in [0.1, 0.15) is 36.6 Å². The lowest BCUT2D eigenvalue weighted by Crippen LogP contribution is -2.38. The summed E-state index contributed by atoms with van der Waals surface area (Å²) < 4.78 is 11.0. The molecule has 1 aliphatic heterocycles. The molecule has 2 aromatic rings. The quantitative estimate of drug-likeness (QED) is 0.720. The van der Waals surface area contributed by atoms with E-state index in [0.717, 1.165) is 37.5 Å². The van der Waals surface area contributed by atoms with E-state index in [-0.39, 0.29) is 12.6 Å². The highest BCUT2D eigenvalue weighted by Gasteiger charge is 2.23. The molecule has 1 fully saturated rings. The third kappa shape index (κ3) is 5.34. The number of nitrogens with one attached hydrogen (secondary N) is 1. The Morgan fingerprint density at radius 1 is 1.19 bits per heavy atom. The van der Waals surface area contributed by atoms with Crippen LogP contribution >= 0.6 is 0 Å². The number of rotatable bonds is 9. The average molecular weight is 357 g/mol. The van der Waals surface area contributed by atoms with Gasteiger partial charge in [-0.1, -0.05) is 18.6 Å². The zero-order valence-corrected chi connectivity index (χ0v) is 15.0. The number of carbonyl (C=O) groups is 1. The van der Waals surface area contributed by atoms with Gasteiger partial charge in [-0.05, 0) is 55.8 Å². The van der Waals surface area contributed by atoms with Crippen LogP contribution in [0.2, 0.25) is 0 Å². The number of nitrogens with zero attached hydrogens (tertiary/aromatic N) is 1. The van der Waals surface area contributed by atoms with Crippen LogP contribution in [0.15, 0.2) is 47.1 Å². The number of carbonyl (C=O) groups excluding carboxylic acids is 1. The lowest BCUT2D eigenvalue weighted by Gasteiger charge is -2.33. The molecule has 0 spiro atoms. The molecule has 3 rings (SSSR count).